The van der Waals surface area contributed by atoms with Gasteiger partial charge in [0.25, 0.3) is 0 Å². The number of para-hydroxylation sites is 1. The monoisotopic (exact) mass is 622 g/mol. The molecule has 0 atom stereocenters. The topological polar surface area (TPSA) is 78.8 Å². The molecule has 1 aliphatic rings. The van der Waals surface area contributed by atoms with Crippen LogP contribution in [0.15, 0.2) is 83.9 Å². The highest BCUT2D eigenvalue weighted by molar-refractivity contribution is 9.10. The van der Waals surface area contributed by atoms with E-state index in [0.29, 0.717) is 31.1 Å². The minimum Gasteiger partial charge on any atom is -0.508 e. The SMILES string of the molecule is [C-]#[N+]c1ccc(Cn2cncc2CC(=O)N2Cc3nc(-c4ccccc4OC)cn3Cc3ccc(Br)cc32)cc1OC. The summed E-state index contributed by atoms with van der Waals surface area (Å²) < 4.78 is 15.9. The van der Waals surface area contributed by atoms with Gasteiger partial charge in [-0.25, -0.2) is 14.8 Å². The Morgan fingerprint density at radius 3 is 2.69 bits per heavy atom. The molecule has 2 aromatic heterocycles. The van der Waals surface area contributed by atoms with E-state index in [4.69, 9.17) is 21.0 Å². The fourth-order valence-corrected chi connectivity index (χ4v) is 5.60. The molecule has 0 saturated heterocycles. The number of hydrogen-bond acceptors (Lipinski definition) is 5. The lowest BCUT2D eigenvalue weighted by Gasteiger charge is -2.23. The summed E-state index contributed by atoms with van der Waals surface area (Å²) in [5, 5.41) is 0. The first-order valence-corrected chi connectivity index (χ1v) is 14.1. The smallest absolute Gasteiger partial charge is 0.233 e. The van der Waals surface area contributed by atoms with E-state index in [0.717, 1.165) is 49.8 Å². The van der Waals surface area contributed by atoms with Gasteiger partial charge < -0.3 is 23.5 Å². The summed E-state index contributed by atoms with van der Waals surface area (Å²) in [5.41, 5.74) is 5.76. The average molecular weight is 624 g/mol. The fraction of sp³-hybridized carbons (Fsp3) is 0.188. The van der Waals surface area contributed by atoms with Crippen molar-refractivity contribution < 1.29 is 14.3 Å². The van der Waals surface area contributed by atoms with Crippen LogP contribution in [0.25, 0.3) is 16.1 Å². The second-order valence-corrected chi connectivity index (χ2v) is 10.8. The number of amides is 1. The summed E-state index contributed by atoms with van der Waals surface area (Å²) in [6.07, 6.45) is 5.62. The normalized spacial score (nSPS) is 12.2. The number of ether oxygens (including phenoxy) is 2. The summed E-state index contributed by atoms with van der Waals surface area (Å²) >= 11 is 3.59. The van der Waals surface area contributed by atoms with E-state index in [1.165, 1.54) is 0 Å². The van der Waals surface area contributed by atoms with Crippen molar-refractivity contribution in [2.75, 3.05) is 19.1 Å². The van der Waals surface area contributed by atoms with Crippen LogP contribution >= 0.6 is 15.9 Å². The summed E-state index contributed by atoms with van der Waals surface area (Å²) in [6, 6.07) is 19.3. The Labute approximate surface area is 251 Å². The number of anilines is 1. The molecule has 0 unspecified atom stereocenters. The second kappa shape index (κ2) is 11.5. The van der Waals surface area contributed by atoms with Gasteiger partial charge in [-0.1, -0.05) is 46.3 Å². The van der Waals surface area contributed by atoms with Crippen molar-refractivity contribution in [1.29, 1.82) is 0 Å². The van der Waals surface area contributed by atoms with Gasteiger partial charge in [0.05, 0.1) is 58.0 Å². The van der Waals surface area contributed by atoms with Crippen LogP contribution in [0.2, 0.25) is 0 Å². The molecule has 0 fully saturated rings. The third-order valence-corrected chi connectivity index (χ3v) is 7.86. The number of fused-ring (bicyclic) bond motifs is 2. The Bertz CT molecular complexity index is 1840. The molecule has 0 radical (unpaired) electrons. The number of rotatable bonds is 7. The Hall–Kier alpha value is -4.88. The molecule has 3 aromatic carbocycles. The fourth-order valence-electron chi connectivity index (χ4n) is 5.26. The number of nitrogens with zero attached hydrogens (tertiary/aromatic N) is 6. The maximum Gasteiger partial charge on any atom is 0.233 e. The van der Waals surface area contributed by atoms with Gasteiger partial charge in [-0.15, -0.1) is 0 Å². The zero-order valence-electron chi connectivity index (χ0n) is 23.1. The molecule has 9 nitrogen and oxygen atoms in total. The third kappa shape index (κ3) is 5.27. The summed E-state index contributed by atoms with van der Waals surface area (Å²) in [5.74, 6) is 2.00. The van der Waals surface area contributed by atoms with Crippen LogP contribution in [0.5, 0.6) is 11.5 Å². The lowest BCUT2D eigenvalue weighted by molar-refractivity contribution is -0.118. The van der Waals surface area contributed by atoms with Crippen molar-refractivity contribution in [3.05, 3.63) is 118 Å². The first-order valence-electron chi connectivity index (χ1n) is 13.3. The molecule has 3 heterocycles. The third-order valence-electron chi connectivity index (χ3n) is 7.37. The molecule has 1 aliphatic heterocycles. The number of hydrogen-bond donors (Lipinski definition) is 0. The van der Waals surface area contributed by atoms with Gasteiger partial charge in [-0.05, 0) is 41.5 Å². The molecule has 42 heavy (non-hydrogen) atoms. The highest BCUT2D eigenvalue weighted by Crippen LogP contribution is 2.34. The van der Waals surface area contributed by atoms with Crippen LogP contribution in [-0.2, 0) is 30.8 Å². The Kier molecular flexibility index (Phi) is 7.50. The summed E-state index contributed by atoms with van der Waals surface area (Å²) in [4.78, 5) is 28.6. The zero-order valence-corrected chi connectivity index (χ0v) is 24.7. The van der Waals surface area contributed by atoms with E-state index in [1.54, 1.807) is 32.8 Å². The standard InChI is InChI=1S/C32H27BrN6O3/c1-34-26-11-8-21(12-30(26)42-3)16-38-20-35-15-24(38)14-32(40)39-19-31-36-27(25-6-4-5-7-29(25)41-2)18-37(31)17-22-9-10-23(33)13-28(22)39/h4-13,15,18,20H,14,16-17,19H2,2-3H3. The number of carbonyl (C=O) groups excluding carboxylic acids is 1. The van der Waals surface area contributed by atoms with E-state index in [2.05, 4.69) is 30.3 Å². The number of benzene rings is 3. The van der Waals surface area contributed by atoms with Crippen molar-refractivity contribution in [3.8, 4) is 22.8 Å². The molecule has 0 bridgehead atoms. The van der Waals surface area contributed by atoms with Crippen LogP contribution in [0.3, 0.4) is 0 Å². The van der Waals surface area contributed by atoms with Gasteiger partial charge in [0.1, 0.15) is 17.3 Å². The number of methoxy groups -OCH3 is 2. The van der Waals surface area contributed by atoms with Crippen molar-refractivity contribution in [1.82, 2.24) is 19.1 Å². The van der Waals surface area contributed by atoms with Gasteiger partial charge in [0.2, 0.25) is 11.6 Å². The van der Waals surface area contributed by atoms with E-state index < -0.39 is 0 Å². The molecule has 0 saturated carbocycles. The molecular weight excluding hydrogens is 596 g/mol. The van der Waals surface area contributed by atoms with Crippen molar-refractivity contribution in [2.24, 2.45) is 0 Å². The van der Waals surface area contributed by atoms with Crippen LogP contribution in [0, 0.1) is 6.57 Å². The Balaban J connectivity index is 1.30. The zero-order chi connectivity index (χ0) is 29.2. The van der Waals surface area contributed by atoms with Gasteiger partial charge in [-0.3, -0.25) is 4.79 Å². The number of halogens is 1. The molecule has 5 aromatic rings. The minimum absolute atomic E-state index is 0.0627. The minimum atomic E-state index is -0.0627. The molecule has 0 N–H and O–H groups in total. The first-order chi connectivity index (χ1) is 20.5. The van der Waals surface area contributed by atoms with Crippen LogP contribution in [-0.4, -0.2) is 39.2 Å². The highest BCUT2D eigenvalue weighted by Gasteiger charge is 2.27. The predicted octanol–water partition coefficient (Wildman–Crippen LogP) is 6.26. The average Bonchev–Trinajstić information content (AvgIpc) is 3.58. The lowest BCUT2D eigenvalue weighted by atomic mass is 10.1. The first kappa shape index (κ1) is 27.3. The van der Waals surface area contributed by atoms with Gasteiger partial charge in [-0.2, -0.15) is 0 Å². The maximum absolute atomic E-state index is 14.0. The van der Waals surface area contributed by atoms with Crippen LogP contribution in [0.4, 0.5) is 11.4 Å². The quantitative estimate of drug-likeness (QED) is 0.200. The molecule has 1 amide bonds. The van der Waals surface area contributed by atoms with E-state index in [-0.39, 0.29) is 12.3 Å². The Morgan fingerprint density at radius 1 is 1.05 bits per heavy atom. The molecule has 6 rings (SSSR count). The predicted molar refractivity (Wildman–Crippen MR) is 163 cm³/mol. The van der Waals surface area contributed by atoms with Gasteiger partial charge in [0.15, 0.2) is 0 Å². The summed E-state index contributed by atoms with van der Waals surface area (Å²) in [6.45, 7) is 8.73. The van der Waals surface area contributed by atoms with E-state index in [9.17, 15) is 4.79 Å². The van der Waals surface area contributed by atoms with Crippen molar-refractivity contribution in [3.63, 3.8) is 0 Å². The molecule has 0 aliphatic carbocycles. The maximum atomic E-state index is 14.0. The molecule has 210 valence electrons. The number of carbonyl (C=O) groups is 1. The number of imidazole rings is 2. The number of aromatic nitrogens is 4. The highest BCUT2D eigenvalue weighted by atomic mass is 79.9. The van der Waals surface area contributed by atoms with E-state index >= 15 is 0 Å². The van der Waals surface area contributed by atoms with Gasteiger partial charge in [0, 0.05) is 34.7 Å². The molecule has 0 spiro atoms. The van der Waals surface area contributed by atoms with Crippen LogP contribution < -0.4 is 14.4 Å². The summed E-state index contributed by atoms with van der Waals surface area (Å²) in [7, 11) is 3.20. The molecule has 10 heteroatoms. The van der Waals surface area contributed by atoms with Crippen molar-refractivity contribution >= 4 is 33.2 Å². The van der Waals surface area contributed by atoms with Gasteiger partial charge >= 0.3 is 0 Å². The Morgan fingerprint density at radius 2 is 1.88 bits per heavy atom. The van der Waals surface area contributed by atoms with Crippen LogP contribution in [0.1, 0.15) is 22.6 Å². The largest absolute Gasteiger partial charge is 0.508 e. The van der Waals surface area contributed by atoms with Crippen molar-refractivity contribution in [2.45, 2.75) is 26.1 Å². The second-order valence-electron chi connectivity index (χ2n) is 9.93. The lowest BCUT2D eigenvalue weighted by Crippen LogP contribution is -2.32. The van der Waals surface area contributed by atoms with E-state index in [1.807, 2.05) is 70.3 Å². The molecular formula is C32H27BrN6O3.